The summed E-state index contributed by atoms with van der Waals surface area (Å²) in [5.74, 6) is 0.479. The highest BCUT2D eigenvalue weighted by Crippen LogP contribution is 2.28. The third kappa shape index (κ3) is 3.75. The second-order valence-electron chi connectivity index (χ2n) is 3.50. The molecule has 0 spiro atoms. The first-order valence-electron chi connectivity index (χ1n) is 5.67. The van der Waals surface area contributed by atoms with Crippen LogP contribution in [0.4, 0.5) is 0 Å². The number of carbonyl (C=O) groups excluding carboxylic acids is 1. The number of methoxy groups -OCH3 is 2. The van der Waals surface area contributed by atoms with Crippen molar-refractivity contribution in [3.8, 4) is 17.6 Å². The molecule has 0 aromatic heterocycles. The molecule has 0 heterocycles. The van der Waals surface area contributed by atoms with Gasteiger partial charge in [-0.2, -0.15) is 5.26 Å². The van der Waals surface area contributed by atoms with Gasteiger partial charge in [0.05, 0.1) is 20.8 Å². The molecule has 19 heavy (non-hydrogen) atoms. The van der Waals surface area contributed by atoms with Gasteiger partial charge in [0, 0.05) is 0 Å². The van der Waals surface area contributed by atoms with E-state index in [1.807, 2.05) is 6.92 Å². The van der Waals surface area contributed by atoms with Gasteiger partial charge in [0.25, 0.3) is 0 Å². The fourth-order valence-corrected chi connectivity index (χ4v) is 1.46. The van der Waals surface area contributed by atoms with Crippen LogP contribution in [-0.2, 0) is 9.53 Å². The quantitative estimate of drug-likeness (QED) is 0.461. The SMILES string of the molecule is CCOc1cc(C=C(C#N)C(=O)OC)ccc1OC. The summed E-state index contributed by atoms with van der Waals surface area (Å²) in [6.45, 7) is 2.35. The molecule has 0 saturated carbocycles. The van der Waals surface area contributed by atoms with E-state index in [9.17, 15) is 4.79 Å². The summed E-state index contributed by atoms with van der Waals surface area (Å²) in [5, 5.41) is 8.89. The zero-order valence-corrected chi connectivity index (χ0v) is 11.1. The zero-order chi connectivity index (χ0) is 14.3. The van der Waals surface area contributed by atoms with Gasteiger partial charge >= 0.3 is 5.97 Å². The maximum atomic E-state index is 11.3. The molecule has 0 aliphatic heterocycles. The summed E-state index contributed by atoms with van der Waals surface area (Å²) in [6.07, 6.45) is 1.44. The summed E-state index contributed by atoms with van der Waals surface area (Å²) in [7, 11) is 2.77. The number of rotatable bonds is 5. The van der Waals surface area contributed by atoms with Crippen molar-refractivity contribution in [1.29, 1.82) is 5.26 Å². The van der Waals surface area contributed by atoms with Gasteiger partial charge in [-0.1, -0.05) is 6.07 Å². The number of benzene rings is 1. The van der Waals surface area contributed by atoms with Crippen LogP contribution in [0.1, 0.15) is 12.5 Å². The lowest BCUT2D eigenvalue weighted by Gasteiger charge is -2.09. The average Bonchev–Trinajstić information content (AvgIpc) is 2.44. The Bertz CT molecular complexity index is 529. The lowest BCUT2D eigenvalue weighted by Crippen LogP contribution is -2.02. The van der Waals surface area contributed by atoms with Gasteiger partial charge in [-0.25, -0.2) is 4.79 Å². The number of nitriles is 1. The molecule has 5 heteroatoms. The molecule has 0 unspecified atom stereocenters. The Kier molecular flexibility index (Phi) is 5.42. The Morgan fingerprint density at radius 3 is 2.63 bits per heavy atom. The predicted octanol–water partition coefficient (Wildman–Crippen LogP) is 2.17. The van der Waals surface area contributed by atoms with Crippen LogP contribution in [0.15, 0.2) is 23.8 Å². The molecule has 0 fully saturated rings. The van der Waals surface area contributed by atoms with E-state index in [2.05, 4.69) is 4.74 Å². The first-order chi connectivity index (χ1) is 9.15. The van der Waals surface area contributed by atoms with Crippen molar-refractivity contribution in [1.82, 2.24) is 0 Å². The minimum atomic E-state index is -0.670. The molecule has 0 N–H and O–H groups in total. The highest BCUT2D eigenvalue weighted by molar-refractivity contribution is 5.97. The van der Waals surface area contributed by atoms with Crippen LogP contribution in [0.5, 0.6) is 11.5 Å². The fraction of sp³-hybridized carbons (Fsp3) is 0.286. The molecule has 0 atom stereocenters. The second kappa shape index (κ2) is 7.07. The van der Waals surface area contributed by atoms with Crippen LogP contribution in [-0.4, -0.2) is 26.8 Å². The molecule has 5 nitrogen and oxygen atoms in total. The highest BCUT2D eigenvalue weighted by Gasteiger charge is 2.10. The summed E-state index contributed by atoms with van der Waals surface area (Å²) in [5.41, 5.74) is 0.585. The Hall–Kier alpha value is -2.48. The van der Waals surface area contributed by atoms with Gasteiger partial charge < -0.3 is 14.2 Å². The van der Waals surface area contributed by atoms with E-state index in [1.165, 1.54) is 13.2 Å². The van der Waals surface area contributed by atoms with E-state index in [4.69, 9.17) is 14.7 Å². The van der Waals surface area contributed by atoms with Crippen molar-refractivity contribution >= 4 is 12.0 Å². The molecule has 0 saturated heterocycles. The van der Waals surface area contributed by atoms with Gasteiger partial charge in [-0.15, -0.1) is 0 Å². The molecule has 100 valence electrons. The van der Waals surface area contributed by atoms with Crippen molar-refractivity contribution in [2.75, 3.05) is 20.8 Å². The number of hydrogen-bond donors (Lipinski definition) is 0. The summed E-state index contributed by atoms with van der Waals surface area (Å²) < 4.78 is 15.1. The largest absolute Gasteiger partial charge is 0.493 e. The normalized spacial score (nSPS) is 10.5. The van der Waals surface area contributed by atoms with E-state index < -0.39 is 5.97 Å². The lowest BCUT2D eigenvalue weighted by molar-refractivity contribution is -0.135. The Balaban J connectivity index is 3.15. The van der Waals surface area contributed by atoms with Crippen LogP contribution < -0.4 is 9.47 Å². The van der Waals surface area contributed by atoms with Crippen molar-refractivity contribution in [2.24, 2.45) is 0 Å². The van der Waals surface area contributed by atoms with E-state index in [1.54, 1.807) is 31.4 Å². The van der Waals surface area contributed by atoms with Gasteiger partial charge in [0.2, 0.25) is 0 Å². The Labute approximate surface area is 112 Å². The standard InChI is InChI=1S/C14H15NO4/c1-4-19-13-8-10(5-6-12(13)17-2)7-11(9-15)14(16)18-3/h5-8H,4H2,1-3H3. The van der Waals surface area contributed by atoms with Gasteiger partial charge in [0.15, 0.2) is 11.5 Å². The maximum absolute atomic E-state index is 11.3. The van der Waals surface area contributed by atoms with E-state index in [0.29, 0.717) is 23.7 Å². The molecular weight excluding hydrogens is 246 g/mol. The van der Waals surface area contributed by atoms with Gasteiger partial charge in [-0.3, -0.25) is 0 Å². The average molecular weight is 261 g/mol. The summed E-state index contributed by atoms with van der Waals surface area (Å²) in [4.78, 5) is 11.3. The van der Waals surface area contributed by atoms with Gasteiger partial charge in [-0.05, 0) is 30.7 Å². The van der Waals surface area contributed by atoms with E-state index >= 15 is 0 Å². The first-order valence-corrected chi connectivity index (χ1v) is 5.67. The molecule has 0 amide bonds. The first kappa shape index (κ1) is 14.6. The molecule has 0 aliphatic carbocycles. The molecule has 1 aromatic rings. The van der Waals surface area contributed by atoms with Crippen molar-refractivity contribution in [3.05, 3.63) is 29.3 Å². The van der Waals surface area contributed by atoms with Crippen molar-refractivity contribution < 1.29 is 19.0 Å². The highest BCUT2D eigenvalue weighted by atomic mass is 16.5. The summed E-state index contributed by atoms with van der Waals surface area (Å²) in [6, 6.07) is 6.93. The smallest absolute Gasteiger partial charge is 0.348 e. The zero-order valence-electron chi connectivity index (χ0n) is 11.1. The van der Waals surface area contributed by atoms with Crippen LogP contribution in [0.25, 0.3) is 6.08 Å². The molecule has 1 rings (SSSR count). The molecular formula is C14H15NO4. The summed E-state index contributed by atoms with van der Waals surface area (Å²) >= 11 is 0. The van der Waals surface area contributed by atoms with Crippen molar-refractivity contribution in [2.45, 2.75) is 6.92 Å². The van der Waals surface area contributed by atoms with Gasteiger partial charge in [0.1, 0.15) is 11.6 Å². The van der Waals surface area contributed by atoms with E-state index in [-0.39, 0.29) is 5.57 Å². The monoisotopic (exact) mass is 261 g/mol. The Morgan fingerprint density at radius 1 is 1.37 bits per heavy atom. The van der Waals surface area contributed by atoms with Crippen LogP contribution in [0, 0.1) is 11.3 Å². The molecule has 0 bridgehead atoms. The molecule has 1 aromatic carbocycles. The molecule has 0 radical (unpaired) electrons. The van der Waals surface area contributed by atoms with Crippen molar-refractivity contribution in [3.63, 3.8) is 0 Å². The Morgan fingerprint density at radius 2 is 2.11 bits per heavy atom. The predicted molar refractivity (Wildman–Crippen MR) is 69.8 cm³/mol. The lowest BCUT2D eigenvalue weighted by atomic mass is 10.1. The number of esters is 1. The minimum Gasteiger partial charge on any atom is -0.493 e. The number of nitrogens with zero attached hydrogens (tertiary/aromatic N) is 1. The minimum absolute atomic E-state index is 0.0740. The number of carbonyl (C=O) groups is 1. The van der Waals surface area contributed by atoms with Crippen LogP contribution in [0.3, 0.4) is 0 Å². The third-order valence-electron chi connectivity index (χ3n) is 2.32. The van der Waals surface area contributed by atoms with Crippen LogP contribution >= 0.6 is 0 Å². The number of ether oxygens (including phenoxy) is 3. The third-order valence-corrected chi connectivity index (χ3v) is 2.32. The second-order valence-corrected chi connectivity index (χ2v) is 3.50. The maximum Gasteiger partial charge on any atom is 0.348 e. The number of hydrogen-bond acceptors (Lipinski definition) is 5. The van der Waals surface area contributed by atoms with Crippen LogP contribution in [0.2, 0.25) is 0 Å². The topological polar surface area (TPSA) is 68.5 Å². The van der Waals surface area contributed by atoms with E-state index in [0.717, 1.165) is 0 Å². The molecule has 0 aliphatic rings. The fourth-order valence-electron chi connectivity index (χ4n) is 1.46.